The van der Waals surface area contributed by atoms with Crippen LogP contribution in [0.15, 0.2) is 41.4 Å². The number of aromatic amines is 1. The van der Waals surface area contributed by atoms with Crippen molar-refractivity contribution in [3.8, 4) is 11.5 Å². The van der Waals surface area contributed by atoms with Crippen molar-refractivity contribution in [2.75, 3.05) is 18.5 Å². The van der Waals surface area contributed by atoms with E-state index >= 15 is 0 Å². The predicted molar refractivity (Wildman–Crippen MR) is 109 cm³/mol. The van der Waals surface area contributed by atoms with Gasteiger partial charge in [-0.1, -0.05) is 6.07 Å². The van der Waals surface area contributed by atoms with E-state index in [2.05, 4.69) is 47.3 Å². The Bertz CT molecular complexity index is 1010. The summed E-state index contributed by atoms with van der Waals surface area (Å²) in [5.74, 6) is 1.86. The molecule has 6 heteroatoms. The molecule has 140 valence electrons. The molecule has 0 aliphatic carbocycles. The van der Waals surface area contributed by atoms with Crippen molar-refractivity contribution in [1.29, 1.82) is 0 Å². The number of fused-ring (bicyclic) bond motifs is 2. The number of rotatable bonds is 3. The molecule has 4 N–H and O–H groups in total. The van der Waals surface area contributed by atoms with Crippen molar-refractivity contribution in [1.82, 2.24) is 4.98 Å². The number of aliphatic imine (C=N–C) groups is 1. The van der Waals surface area contributed by atoms with Gasteiger partial charge in [-0.05, 0) is 49.2 Å². The minimum absolute atomic E-state index is 0.367. The van der Waals surface area contributed by atoms with E-state index in [-0.39, 0.29) is 0 Å². The van der Waals surface area contributed by atoms with Gasteiger partial charge >= 0.3 is 0 Å². The first-order valence-corrected chi connectivity index (χ1v) is 9.14. The molecule has 0 fully saturated rings. The van der Waals surface area contributed by atoms with Gasteiger partial charge < -0.3 is 25.5 Å². The molecule has 27 heavy (non-hydrogen) atoms. The van der Waals surface area contributed by atoms with Gasteiger partial charge in [0.25, 0.3) is 0 Å². The van der Waals surface area contributed by atoms with Gasteiger partial charge in [0, 0.05) is 34.8 Å². The van der Waals surface area contributed by atoms with Crippen LogP contribution in [-0.2, 0) is 6.54 Å². The molecule has 0 radical (unpaired) electrons. The molecule has 4 rings (SSSR count). The summed E-state index contributed by atoms with van der Waals surface area (Å²) in [5.41, 5.74) is 11.6. The lowest BCUT2D eigenvalue weighted by molar-refractivity contribution is 0.297. The van der Waals surface area contributed by atoms with Crippen LogP contribution in [0.4, 0.5) is 5.69 Å². The third-order valence-corrected chi connectivity index (χ3v) is 4.82. The van der Waals surface area contributed by atoms with Crippen molar-refractivity contribution in [3.05, 3.63) is 53.2 Å². The Morgan fingerprint density at radius 3 is 2.78 bits per heavy atom. The zero-order chi connectivity index (χ0) is 18.8. The number of benzene rings is 2. The van der Waals surface area contributed by atoms with E-state index in [9.17, 15) is 0 Å². The maximum absolute atomic E-state index is 6.07. The molecule has 1 aromatic heterocycles. The monoisotopic (exact) mass is 364 g/mol. The highest BCUT2D eigenvalue weighted by Crippen LogP contribution is 2.32. The predicted octanol–water partition coefficient (Wildman–Crippen LogP) is 3.87. The normalized spacial score (nSPS) is 14.2. The topological polar surface area (TPSA) is 84.7 Å². The van der Waals surface area contributed by atoms with Crippen LogP contribution in [0, 0.1) is 13.8 Å². The molecule has 0 amide bonds. The first kappa shape index (κ1) is 17.3. The second-order valence-electron chi connectivity index (χ2n) is 6.79. The fraction of sp³-hybridized carbons (Fsp3) is 0.286. The first-order valence-electron chi connectivity index (χ1n) is 9.14. The summed E-state index contributed by atoms with van der Waals surface area (Å²) in [4.78, 5) is 7.85. The van der Waals surface area contributed by atoms with Crippen LogP contribution in [-0.4, -0.2) is 24.2 Å². The average molecular weight is 364 g/mol. The molecule has 0 unspecified atom stereocenters. The Morgan fingerprint density at radius 2 is 1.93 bits per heavy atom. The summed E-state index contributed by atoms with van der Waals surface area (Å²) in [6.07, 6.45) is 0.880. The number of ether oxygens (including phenoxy) is 2. The third-order valence-electron chi connectivity index (χ3n) is 4.82. The van der Waals surface area contributed by atoms with Crippen LogP contribution in [0.2, 0.25) is 0 Å². The summed E-state index contributed by atoms with van der Waals surface area (Å²) in [6, 6.07) is 12.0. The van der Waals surface area contributed by atoms with E-state index in [0.717, 1.165) is 34.7 Å². The fourth-order valence-electron chi connectivity index (χ4n) is 3.21. The summed E-state index contributed by atoms with van der Waals surface area (Å²) < 4.78 is 11.3. The molecule has 6 nitrogen and oxygen atoms in total. The minimum atomic E-state index is 0.367. The number of nitrogens with two attached hydrogens (primary N) is 1. The van der Waals surface area contributed by atoms with E-state index in [1.165, 1.54) is 16.6 Å². The van der Waals surface area contributed by atoms with Crippen LogP contribution in [0.3, 0.4) is 0 Å². The highest BCUT2D eigenvalue weighted by molar-refractivity contribution is 5.92. The first-order chi connectivity index (χ1) is 13.1. The number of guanidine groups is 1. The Kier molecular flexibility index (Phi) is 4.62. The number of aromatic nitrogens is 1. The second-order valence-corrected chi connectivity index (χ2v) is 6.79. The zero-order valence-corrected chi connectivity index (χ0v) is 15.6. The van der Waals surface area contributed by atoms with Gasteiger partial charge in [-0.15, -0.1) is 0 Å². The van der Waals surface area contributed by atoms with E-state index < -0.39 is 0 Å². The van der Waals surface area contributed by atoms with Crippen LogP contribution >= 0.6 is 0 Å². The largest absolute Gasteiger partial charge is 0.490 e. The van der Waals surface area contributed by atoms with Crippen molar-refractivity contribution < 1.29 is 9.47 Å². The maximum Gasteiger partial charge on any atom is 0.193 e. The van der Waals surface area contributed by atoms with Crippen molar-refractivity contribution >= 4 is 22.5 Å². The van der Waals surface area contributed by atoms with Crippen LogP contribution in [0.25, 0.3) is 10.9 Å². The van der Waals surface area contributed by atoms with Crippen LogP contribution in [0.1, 0.15) is 23.2 Å². The molecule has 1 aliphatic heterocycles. The smallest absolute Gasteiger partial charge is 0.193 e. The highest BCUT2D eigenvalue weighted by atomic mass is 16.5. The molecule has 0 spiro atoms. The molecular formula is C21H24N4O2. The number of aryl methyl sites for hydroxylation is 2. The lowest BCUT2D eigenvalue weighted by Gasteiger charge is -2.10. The fourth-order valence-corrected chi connectivity index (χ4v) is 3.21. The Hall–Kier alpha value is -3.15. The lowest BCUT2D eigenvalue weighted by atomic mass is 10.1. The van der Waals surface area contributed by atoms with E-state index in [4.69, 9.17) is 15.2 Å². The number of hydrogen-bond donors (Lipinski definition) is 3. The molecule has 1 aliphatic rings. The standard InChI is InChI=1S/C21H24N4O2/c1-13-14(2)24-18-6-4-15(10-17(13)18)12-23-21(22)25-16-5-7-19-20(11-16)27-9-3-8-26-19/h4-7,10-11,24H,3,8-9,12H2,1-2H3,(H3,22,23,25). The van der Waals surface area contributed by atoms with Crippen molar-refractivity contribution in [3.63, 3.8) is 0 Å². The number of anilines is 1. The molecular weight excluding hydrogens is 340 g/mol. The van der Waals surface area contributed by atoms with Gasteiger partial charge in [-0.3, -0.25) is 0 Å². The molecule has 0 saturated heterocycles. The molecule has 0 saturated carbocycles. The minimum Gasteiger partial charge on any atom is -0.490 e. The molecule has 2 aromatic carbocycles. The molecule has 2 heterocycles. The van der Waals surface area contributed by atoms with Crippen LogP contribution in [0.5, 0.6) is 11.5 Å². The summed E-state index contributed by atoms with van der Waals surface area (Å²) in [5, 5.41) is 4.35. The highest BCUT2D eigenvalue weighted by Gasteiger charge is 2.11. The number of nitrogens with one attached hydrogen (secondary N) is 2. The van der Waals surface area contributed by atoms with Gasteiger partial charge in [0.2, 0.25) is 0 Å². The second kappa shape index (κ2) is 7.23. The Balaban J connectivity index is 1.47. The number of hydrogen-bond acceptors (Lipinski definition) is 3. The average Bonchev–Trinajstić information content (AvgIpc) is 2.84. The molecule has 3 aromatic rings. The van der Waals surface area contributed by atoms with Gasteiger partial charge in [0.1, 0.15) is 0 Å². The van der Waals surface area contributed by atoms with Gasteiger partial charge in [0.05, 0.1) is 19.8 Å². The van der Waals surface area contributed by atoms with Crippen LogP contribution < -0.4 is 20.5 Å². The van der Waals surface area contributed by atoms with E-state index in [1.54, 1.807) is 0 Å². The van der Waals surface area contributed by atoms with Crippen molar-refractivity contribution in [2.24, 2.45) is 10.7 Å². The van der Waals surface area contributed by atoms with Crippen molar-refractivity contribution in [2.45, 2.75) is 26.8 Å². The third kappa shape index (κ3) is 3.69. The Morgan fingerprint density at radius 1 is 1.11 bits per heavy atom. The lowest BCUT2D eigenvalue weighted by Crippen LogP contribution is -2.22. The summed E-state index contributed by atoms with van der Waals surface area (Å²) in [7, 11) is 0. The number of H-pyrrole nitrogens is 1. The zero-order valence-electron chi connectivity index (χ0n) is 15.6. The van der Waals surface area contributed by atoms with Gasteiger partial charge in [0.15, 0.2) is 17.5 Å². The molecule has 0 bridgehead atoms. The maximum atomic E-state index is 6.07. The summed E-state index contributed by atoms with van der Waals surface area (Å²) in [6.45, 7) is 6.06. The van der Waals surface area contributed by atoms with E-state index in [1.807, 2.05) is 18.2 Å². The quantitative estimate of drug-likeness (QED) is 0.486. The van der Waals surface area contributed by atoms with Gasteiger partial charge in [-0.25, -0.2) is 4.99 Å². The Labute approximate surface area is 158 Å². The van der Waals surface area contributed by atoms with E-state index in [0.29, 0.717) is 25.7 Å². The van der Waals surface area contributed by atoms with Gasteiger partial charge in [-0.2, -0.15) is 0 Å². The summed E-state index contributed by atoms with van der Waals surface area (Å²) >= 11 is 0. The number of nitrogens with zero attached hydrogens (tertiary/aromatic N) is 1. The SMILES string of the molecule is Cc1[nH]c2ccc(CN=C(N)Nc3ccc4c(c3)OCCCO4)cc2c1C. The molecule has 0 atom stereocenters.